The highest BCUT2D eigenvalue weighted by molar-refractivity contribution is 6.24. The molecule has 0 aromatic heterocycles. The van der Waals surface area contributed by atoms with Gasteiger partial charge in [-0.2, -0.15) is 0 Å². The third-order valence-corrected chi connectivity index (χ3v) is 2.87. The van der Waals surface area contributed by atoms with Gasteiger partial charge in [0.1, 0.15) is 5.82 Å². The molecule has 94 valence electrons. The molecule has 2 amide bonds. The Bertz CT molecular complexity index is 698. The summed E-state index contributed by atoms with van der Waals surface area (Å²) in [6, 6.07) is 10.8. The summed E-state index contributed by atoms with van der Waals surface area (Å²) in [5.41, 5.74) is 1.61. The molecule has 0 atom stereocenters. The van der Waals surface area contributed by atoms with Crippen LogP contribution in [0.25, 0.3) is 0 Å². The van der Waals surface area contributed by atoms with Gasteiger partial charge in [-0.1, -0.05) is 12.1 Å². The largest absolute Gasteiger partial charge is 0.355 e. The Labute approximate surface area is 108 Å². The van der Waals surface area contributed by atoms with Gasteiger partial charge < -0.3 is 5.32 Å². The molecule has 4 nitrogen and oxygen atoms in total. The Balaban J connectivity index is 2.04. The van der Waals surface area contributed by atoms with E-state index in [1.165, 1.54) is 12.1 Å². The fourth-order valence-electron chi connectivity index (χ4n) is 2.05. The normalized spacial score (nSPS) is 13.1. The Morgan fingerprint density at radius 2 is 1.79 bits per heavy atom. The summed E-state index contributed by atoms with van der Waals surface area (Å²) in [6.07, 6.45) is 0. The van der Waals surface area contributed by atoms with Crippen molar-refractivity contribution in [2.24, 2.45) is 0 Å². The lowest BCUT2D eigenvalue weighted by molar-refractivity contribution is 0.0880. The van der Waals surface area contributed by atoms with Gasteiger partial charge in [0, 0.05) is 5.69 Å². The molecule has 0 saturated heterocycles. The van der Waals surface area contributed by atoms with Crippen molar-refractivity contribution >= 4 is 23.2 Å². The van der Waals surface area contributed by atoms with Crippen LogP contribution in [0.4, 0.5) is 15.8 Å². The SMILES string of the molecule is O=C1NC(=O)c2c(Nc3cccc(F)c3)cccc21. The molecule has 19 heavy (non-hydrogen) atoms. The van der Waals surface area contributed by atoms with Crippen molar-refractivity contribution in [3.05, 3.63) is 59.4 Å². The number of carbonyl (C=O) groups is 2. The van der Waals surface area contributed by atoms with Crippen LogP contribution in [-0.2, 0) is 0 Å². The van der Waals surface area contributed by atoms with Crippen LogP contribution in [0.1, 0.15) is 20.7 Å². The Hall–Kier alpha value is -2.69. The van der Waals surface area contributed by atoms with Gasteiger partial charge in [-0.3, -0.25) is 14.9 Å². The molecule has 0 aliphatic carbocycles. The van der Waals surface area contributed by atoms with Crippen LogP contribution in [0.5, 0.6) is 0 Å². The number of fused-ring (bicyclic) bond motifs is 1. The number of imide groups is 1. The van der Waals surface area contributed by atoms with Gasteiger partial charge >= 0.3 is 0 Å². The van der Waals surface area contributed by atoms with Gasteiger partial charge in [-0.05, 0) is 30.3 Å². The maximum atomic E-state index is 13.1. The van der Waals surface area contributed by atoms with Crippen LogP contribution in [0.15, 0.2) is 42.5 Å². The number of hydrogen-bond donors (Lipinski definition) is 2. The van der Waals surface area contributed by atoms with Crippen molar-refractivity contribution in [1.29, 1.82) is 0 Å². The maximum absolute atomic E-state index is 13.1. The van der Waals surface area contributed by atoms with E-state index in [0.29, 0.717) is 16.9 Å². The molecule has 0 fully saturated rings. The van der Waals surface area contributed by atoms with E-state index in [0.717, 1.165) is 0 Å². The van der Waals surface area contributed by atoms with E-state index in [1.54, 1.807) is 30.3 Å². The van der Waals surface area contributed by atoms with Gasteiger partial charge in [0.2, 0.25) is 0 Å². The number of hydrogen-bond acceptors (Lipinski definition) is 3. The number of nitrogens with one attached hydrogen (secondary N) is 2. The topological polar surface area (TPSA) is 58.2 Å². The summed E-state index contributed by atoms with van der Waals surface area (Å²) in [5, 5.41) is 5.17. The summed E-state index contributed by atoms with van der Waals surface area (Å²) >= 11 is 0. The van der Waals surface area contributed by atoms with Gasteiger partial charge in [0.15, 0.2) is 0 Å². The first-order valence-electron chi connectivity index (χ1n) is 5.66. The van der Waals surface area contributed by atoms with Crippen molar-refractivity contribution in [3.63, 3.8) is 0 Å². The molecule has 3 rings (SSSR count). The quantitative estimate of drug-likeness (QED) is 0.811. The monoisotopic (exact) mass is 256 g/mol. The molecule has 2 aromatic carbocycles. The van der Waals surface area contributed by atoms with Crippen molar-refractivity contribution in [2.75, 3.05) is 5.32 Å². The summed E-state index contributed by atoms with van der Waals surface area (Å²) in [7, 11) is 0. The zero-order valence-electron chi connectivity index (χ0n) is 9.74. The van der Waals surface area contributed by atoms with E-state index in [1.807, 2.05) is 0 Å². The second kappa shape index (κ2) is 4.20. The minimum atomic E-state index is -0.445. The maximum Gasteiger partial charge on any atom is 0.261 e. The highest BCUT2D eigenvalue weighted by Gasteiger charge is 2.29. The molecule has 2 aromatic rings. The van der Waals surface area contributed by atoms with Gasteiger partial charge in [-0.25, -0.2) is 4.39 Å². The van der Waals surface area contributed by atoms with E-state index in [9.17, 15) is 14.0 Å². The van der Waals surface area contributed by atoms with Crippen LogP contribution >= 0.6 is 0 Å². The van der Waals surface area contributed by atoms with E-state index in [2.05, 4.69) is 10.6 Å². The number of anilines is 2. The highest BCUT2D eigenvalue weighted by atomic mass is 19.1. The molecular formula is C14H9FN2O2. The zero-order chi connectivity index (χ0) is 13.4. The van der Waals surface area contributed by atoms with E-state index in [-0.39, 0.29) is 11.4 Å². The minimum Gasteiger partial charge on any atom is -0.355 e. The number of carbonyl (C=O) groups excluding carboxylic acids is 2. The lowest BCUT2D eigenvalue weighted by Gasteiger charge is -2.09. The number of halogens is 1. The third kappa shape index (κ3) is 1.95. The molecular weight excluding hydrogens is 247 g/mol. The molecule has 0 unspecified atom stereocenters. The van der Waals surface area contributed by atoms with Crippen molar-refractivity contribution in [2.45, 2.75) is 0 Å². The summed E-state index contributed by atoms with van der Waals surface area (Å²) in [6.45, 7) is 0. The van der Waals surface area contributed by atoms with Crippen LogP contribution in [0.3, 0.4) is 0 Å². The number of rotatable bonds is 2. The first kappa shape index (κ1) is 11.4. The Morgan fingerprint density at radius 1 is 1.00 bits per heavy atom. The molecule has 0 bridgehead atoms. The van der Waals surface area contributed by atoms with Crippen molar-refractivity contribution in [3.8, 4) is 0 Å². The molecule has 0 saturated carbocycles. The molecule has 0 radical (unpaired) electrons. The molecule has 1 aliphatic heterocycles. The minimum absolute atomic E-state index is 0.289. The number of amides is 2. The lowest BCUT2D eigenvalue weighted by Crippen LogP contribution is -2.20. The van der Waals surface area contributed by atoms with E-state index in [4.69, 9.17) is 0 Å². The smallest absolute Gasteiger partial charge is 0.261 e. The van der Waals surface area contributed by atoms with Crippen molar-refractivity contribution in [1.82, 2.24) is 5.32 Å². The first-order chi connectivity index (χ1) is 9.15. The van der Waals surface area contributed by atoms with E-state index >= 15 is 0 Å². The molecule has 5 heteroatoms. The average Bonchev–Trinajstić information content (AvgIpc) is 2.66. The van der Waals surface area contributed by atoms with E-state index < -0.39 is 11.8 Å². The fraction of sp³-hybridized carbons (Fsp3) is 0. The predicted molar refractivity (Wildman–Crippen MR) is 67.9 cm³/mol. The average molecular weight is 256 g/mol. The lowest BCUT2D eigenvalue weighted by atomic mass is 10.1. The van der Waals surface area contributed by atoms with Crippen LogP contribution < -0.4 is 10.6 Å². The summed E-state index contributed by atoms with van der Waals surface area (Å²) in [5.74, 6) is -1.24. The zero-order valence-corrected chi connectivity index (χ0v) is 9.74. The molecule has 1 heterocycles. The summed E-state index contributed by atoms with van der Waals surface area (Å²) < 4.78 is 13.1. The fourth-order valence-corrected chi connectivity index (χ4v) is 2.05. The third-order valence-electron chi connectivity index (χ3n) is 2.87. The molecule has 2 N–H and O–H groups in total. The predicted octanol–water partition coefficient (Wildman–Crippen LogP) is 2.45. The van der Waals surface area contributed by atoms with Crippen LogP contribution in [0.2, 0.25) is 0 Å². The highest BCUT2D eigenvalue weighted by Crippen LogP contribution is 2.27. The van der Waals surface area contributed by atoms with Gasteiger partial charge in [-0.15, -0.1) is 0 Å². The Morgan fingerprint density at radius 3 is 2.58 bits per heavy atom. The van der Waals surface area contributed by atoms with Crippen molar-refractivity contribution < 1.29 is 14.0 Å². The second-order valence-corrected chi connectivity index (χ2v) is 4.15. The summed E-state index contributed by atoms with van der Waals surface area (Å²) in [4.78, 5) is 23.2. The first-order valence-corrected chi connectivity index (χ1v) is 5.66. The van der Waals surface area contributed by atoms with Crippen LogP contribution in [0, 0.1) is 5.82 Å². The van der Waals surface area contributed by atoms with Gasteiger partial charge in [0.25, 0.3) is 11.8 Å². The van der Waals surface area contributed by atoms with Gasteiger partial charge in [0.05, 0.1) is 16.8 Å². The molecule has 1 aliphatic rings. The molecule has 0 spiro atoms. The Kier molecular flexibility index (Phi) is 2.52. The second-order valence-electron chi connectivity index (χ2n) is 4.15. The number of benzene rings is 2. The van der Waals surface area contributed by atoms with Crippen LogP contribution in [-0.4, -0.2) is 11.8 Å². The standard InChI is InChI=1S/C14H9FN2O2/c15-8-3-1-4-9(7-8)16-11-6-2-5-10-12(11)14(19)17-13(10)18/h1-7,16H,(H,17,18,19).